The molecule has 20 heavy (non-hydrogen) atoms. The monoisotopic (exact) mass is 280 g/mol. The maximum atomic E-state index is 13.0. The minimum Gasteiger partial charge on any atom is -0.339 e. The third-order valence-electron chi connectivity index (χ3n) is 5.90. The minimum atomic E-state index is -0.496. The molecular formula is C17H32N2O. The lowest BCUT2D eigenvalue weighted by Crippen LogP contribution is -2.58. The summed E-state index contributed by atoms with van der Waals surface area (Å²) >= 11 is 0. The Hall–Kier alpha value is -0.570. The summed E-state index contributed by atoms with van der Waals surface area (Å²) in [4.78, 5) is 15.2. The molecule has 1 saturated carbocycles. The Morgan fingerprint density at radius 3 is 2.15 bits per heavy atom. The molecule has 0 aromatic heterocycles. The molecule has 116 valence electrons. The second-order valence-electron chi connectivity index (χ2n) is 7.95. The van der Waals surface area contributed by atoms with Crippen LogP contribution in [0.4, 0.5) is 0 Å². The molecule has 1 amide bonds. The number of likely N-dealkylation sites (tertiary alicyclic amines) is 1. The Bertz CT molecular complexity index is 350. The van der Waals surface area contributed by atoms with E-state index in [1.54, 1.807) is 0 Å². The van der Waals surface area contributed by atoms with Crippen LogP contribution in [0.1, 0.15) is 72.6 Å². The molecule has 3 heteroatoms. The summed E-state index contributed by atoms with van der Waals surface area (Å²) < 4.78 is 0. The highest BCUT2D eigenvalue weighted by atomic mass is 16.2. The molecule has 2 aliphatic rings. The third kappa shape index (κ3) is 2.88. The molecule has 2 fully saturated rings. The van der Waals surface area contributed by atoms with Crippen molar-refractivity contribution in [1.29, 1.82) is 0 Å². The summed E-state index contributed by atoms with van der Waals surface area (Å²) in [7, 11) is 0. The lowest BCUT2D eigenvalue weighted by atomic mass is 9.73. The van der Waals surface area contributed by atoms with Crippen molar-refractivity contribution in [2.75, 3.05) is 6.54 Å². The number of amides is 1. The van der Waals surface area contributed by atoms with Crippen molar-refractivity contribution in [2.45, 2.75) is 84.2 Å². The smallest absolute Gasteiger partial charge is 0.230 e. The molecule has 1 aliphatic heterocycles. The van der Waals surface area contributed by atoms with Crippen LogP contribution in [0.2, 0.25) is 0 Å². The van der Waals surface area contributed by atoms with E-state index in [1.807, 2.05) is 27.7 Å². The second-order valence-corrected chi connectivity index (χ2v) is 7.95. The Labute approximate surface area is 124 Å². The van der Waals surface area contributed by atoms with Crippen LogP contribution in [-0.4, -0.2) is 28.9 Å². The predicted octanol–water partition coefficient (Wildman–Crippen LogP) is 3.32. The first-order chi connectivity index (χ1) is 9.25. The van der Waals surface area contributed by atoms with Gasteiger partial charge in [-0.1, -0.05) is 19.3 Å². The van der Waals surface area contributed by atoms with Gasteiger partial charge in [0.15, 0.2) is 0 Å². The molecule has 1 heterocycles. The number of hydrogen-bond acceptors (Lipinski definition) is 2. The van der Waals surface area contributed by atoms with Crippen LogP contribution in [0, 0.1) is 11.3 Å². The van der Waals surface area contributed by atoms with Gasteiger partial charge in [-0.15, -0.1) is 0 Å². The molecule has 1 unspecified atom stereocenters. The quantitative estimate of drug-likeness (QED) is 0.862. The average molecular weight is 280 g/mol. The van der Waals surface area contributed by atoms with Gasteiger partial charge in [-0.25, -0.2) is 0 Å². The topological polar surface area (TPSA) is 46.3 Å². The van der Waals surface area contributed by atoms with E-state index in [2.05, 4.69) is 4.90 Å². The fourth-order valence-corrected chi connectivity index (χ4v) is 3.69. The zero-order valence-corrected chi connectivity index (χ0v) is 13.7. The van der Waals surface area contributed by atoms with Gasteiger partial charge >= 0.3 is 0 Å². The molecule has 1 saturated heterocycles. The first-order valence-corrected chi connectivity index (χ1v) is 8.35. The summed E-state index contributed by atoms with van der Waals surface area (Å²) in [5.74, 6) is 0.991. The largest absolute Gasteiger partial charge is 0.339 e. The van der Waals surface area contributed by atoms with Crippen LogP contribution in [0.5, 0.6) is 0 Å². The fourth-order valence-electron chi connectivity index (χ4n) is 3.69. The van der Waals surface area contributed by atoms with E-state index >= 15 is 0 Å². The number of carbonyl (C=O) groups is 1. The van der Waals surface area contributed by atoms with Crippen LogP contribution in [0.3, 0.4) is 0 Å². The number of nitrogens with two attached hydrogens (primary N) is 1. The van der Waals surface area contributed by atoms with Crippen LogP contribution in [0.15, 0.2) is 0 Å². The van der Waals surface area contributed by atoms with E-state index in [9.17, 15) is 4.79 Å². The summed E-state index contributed by atoms with van der Waals surface area (Å²) in [5, 5.41) is 0. The molecule has 0 spiro atoms. The maximum Gasteiger partial charge on any atom is 0.230 e. The zero-order valence-electron chi connectivity index (χ0n) is 13.7. The van der Waals surface area contributed by atoms with E-state index in [-0.39, 0.29) is 5.91 Å². The van der Waals surface area contributed by atoms with E-state index in [0.29, 0.717) is 6.04 Å². The van der Waals surface area contributed by atoms with Gasteiger partial charge in [0.2, 0.25) is 5.91 Å². The van der Waals surface area contributed by atoms with Crippen LogP contribution >= 0.6 is 0 Å². The molecule has 1 atom stereocenters. The molecular weight excluding hydrogens is 248 g/mol. The highest BCUT2D eigenvalue weighted by Crippen LogP contribution is 2.38. The minimum absolute atomic E-state index is 0.262. The molecule has 3 nitrogen and oxygen atoms in total. The first kappa shape index (κ1) is 15.8. The predicted molar refractivity (Wildman–Crippen MR) is 83.4 cm³/mol. The van der Waals surface area contributed by atoms with Crippen molar-refractivity contribution in [3.8, 4) is 0 Å². The second kappa shape index (κ2) is 5.67. The van der Waals surface area contributed by atoms with Gasteiger partial charge in [0, 0.05) is 18.1 Å². The van der Waals surface area contributed by atoms with Gasteiger partial charge < -0.3 is 10.6 Å². The van der Waals surface area contributed by atoms with E-state index in [0.717, 1.165) is 18.9 Å². The molecule has 1 aliphatic carbocycles. The number of carbonyl (C=O) groups excluding carboxylic acids is 1. The Morgan fingerprint density at radius 1 is 1.00 bits per heavy atom. The van der Waals surface area contributed by atoms with Gasteiger partial charge in [-0.3, -0.25) is 4.79 Å². The van der Waals surface area contributed by atoms with Crippen molar-refractivity contribution < 1.29 is 4.79 Å². The van der Waals surface area contributed by atoms with Gasteiger partial charge in [0.05, 0.1) is 5.41 Å². The van der Waals surface area contributed by atoms with Crippen LogP contribution in [-0.2, 0) is 4.79 Å². The van der Waals surface area contributed by atoms with Gasteiger partial charge in [0.25, 0.3) is 0 Å². The average Bonchev–Trinajstić information content (AvgIpc) is 2.86. The zero-order chi connectivity index (χ0) is 15.0. The highest BCUT2D eigenvalue weighted by Gasteiger charge is 2.46. The molecule has 0 radical (unpaired) electrons. The summed E-state index contributed by atoms with van der Waals surface area (Å²) in [5.41, 5.74) is 5.28. The van der Waals surface area contributed by atoms with E-state index in [1.165, 1.54) is 38.5 Å². The Kier molecular flexibility index (Phi) is 4.48. The summed E-state index contributed by atoms with van der Waals surface area (Å²) in [6, 6.07) is 0.476. The van der Waals surface area contributed by atoms with Gasteiger partial charge in [-0.05, 0) is 59.3 Å². The number of rotatable bonds is 3. The van der Waals surface area contributed by atoms with Crippen molar-refractivity contribution in [2.24, 2.45) is 17.1 Å². The highest BCUT2D eigenvalue weighted by molar-refractivity contribution is 5.84. The van der Waals surface area contributed by atoms with E-state index in [4.69, 9.17) is 5.73 Å². The van der Waals surface area contributed by atoms with Crippen molar-refractivity contribution >= 4 is 5.91 Å². The molecule has 2 rings (SSSR count). The Morgan fingerprint density at radius 2 is 1.60 bits per heavy atom. The molecule has 0 aromatic rings. The van der Waals surface area contributed by atoms with E-state index < -0.39 is 11.0 Å². The normalized spacial score (nSPS) is 26.1. The van der Waals surface area contributed by atoms with Crippen LogP contribution in [0.25, 0.3) is 0 Å². The molecule has 2 N–H and O–H groups in total. The van der Waals surface area contributed by atoms with Crippen molar-refractivity contribution in [3.05, 3.63) is 0 Å². The SMILES string of the molecule is CC(C)(N)C(C)(C)C(=O)N1CCCC1C1CCCCC1. The summed E-state index contributed by atoms with van der Waals surface area (Å²) in [6.45, 7) is 8.88. The Balaban J connectivity index is 2.12. The maximum absolute atomic E-state index is 13.0. The number of nitrogens with zero attached hydrogens (tertiary/aromatic N) is 1. The fraction of sp³-hybridized carbons (Fsp3) is 0.941. The van der Waals surface area contributed by atoms with Crippen LogP contribution < -0.4 is 5.73 Å². The number of hydrogen-bond donors (Lipinski definition) is 1. The van der Waals surface area contributed by atoms with Crippen molar-refractivity contribution in [3.63, 3.8) is 0 Å². The lowest BCUT2D eigenvalue weighted by Gasteiger charge is -2.43. The third-order valence-corrected chi connectivity index (χ3v) is 5.90. The van der Waals surface area contributed by atoms with Gasteiger partial charge in [-0.2, -0.15) is 0 Å². The standard InChI is InChI=1S/C17H32N2O/c1-16(2,17(3,4)18)15(20)19-12-8-11-14(19)13-9-6-5-7-10-13/h13-14H,5-12,18H2,1-4H3. The lowest BCUT2D eigenvalue weighted by molar-refractivity contribution is -0.145. The van der Waals surface area contributed by atoms with Crippen molar-refractivity contribution in [1.82, 2.24) is 4.90 Å². The first-order valence-electron chi connectivity index (χ1n) is 8.35. The van der Waals surface area contributed by atoms with Gasteiger partial charge in [0.1, 0.15) is 0 Å². The molecule has 0 bridgehead atoms. The molecule has 0 aromatic carbocycles. The summed E-state index contributed by atoms with van der Waals surface area (Å²) in [6.07, 6.45) is 9.02.